The molecule has 1 aliphatic heterocycles. The Balaban J connectivity index is 2.72. The van der Waals surface area contributed by atoms with Crippen LogP contribution in [0.4, 0.5) is 0 Å². The van der Waals surface area contributed by atoms with Gasteiger partial charge in [-0.1, -0.05) is 15.9 Å². The maximum absolute atomic E-state index is 5.59. The lowest BCUT2D eigenvalue weighted by Gasteiger charge is -2.40. The Morgan fingerprint density at radius 1 is 1.18 bits per heavy atom. The molecular weight excluding hydrogens is 300 g/mol. The average Bonchev–Trinajstić information content (AvgIpc) is 2.28. The van der Waals surface area contributed by atoms with Gasteiger partial charge in [-0.3, -0.25) is 0 Å². The zero-order valence-electron chi connectivity index (χ0n) is 10.6. The molecule has 17 heavy (non-hydrogen) atoms. The molecule has 0 bridgehead atoms. The molecule has 0 saturated carbocycles. The second kappa shape index (κ2) is 4.48. The topological polar surface area (TPSA) is 18.5 Å². The maximum atomic E-state index is 5.59. The lowest BCUT2D eigenvalue weighted by Crippen LogP contribution is -2.42. The SMILES string of the molecule is COc1c(C)c(C)c(Br)c(C)c1C1(S)COC1. The van der Waals surface area contributed by atoms with Crippen LogP contribution in [0.25, 0.3) is 0 Å². The van der Waals surface area contributed by atoms with Crippen LogP contribution in [0.3, 0.4) is 0 Å². The molecule has 0 aromatic heterocycles. The molecular formula is C13H17BrO2S. The second-order valence-electron chi connectivity index (χ2n) is 4.62. The normalized spacial score (nSPS) is 17.8. The highest BCUT2D eigenvalue weighted by molar-refractivity contribution is 9.10. The van der Waals surface area contributed by atoms with E-state index < -0.39 is 0 Å². The molecule has 0 atom stereocenters. The third kappa shape index (κ3) is 1.90. The standard InChI is InChI=1S/C13H17BrO2S/c1-7-8(2)12(15-4)10(9(3)11(7)14)13(17)5-16-6-13/h17H,5-6H2,1-4H3. The zero-order chi connectivity index (χ0) is 12.8. The van der Waals surface area contributed by atoms with Crippen LogP contribution in [-0.4, -0.2) is 20.3 Å². The van der Waals surface area contributed by atoms with Crippen LogP contribution in [0.1, 0.15) is 22.3 Å². The number of hydrogen-bond acceptors (Lipinski definition) is 3. The molecule has 1 saturated heterocycles. The molecule has 4 heteroatoms. The minimum Gasteiger partial charge on any atom is -0.496 e. The number of methoxy groups -OCH3 is 1. The Morgan fingerprint density at radius 2 is 1.76 bits per heavy atom. The van der Waals surface area contributed by atoms with Gasteiger partial charge < -0.3 is 9.47 Å². The van der Waals surface area contributed by atoms with Gasteiger partial charge in [0.25, 0.3) is 0 Å². The molecule has 1 heterocycles. The van der Waals surface area contributed by atoms with Crippen molar-refractivity contribution in [3.63, 3.8) is 0 Å². The molecule has 0 aliphatic carbocycles. The van der Waals surface area contributed by atoms with Gasteiger partial charge in [-0.05, 0) is 37.5 Å². The summed E-state index contributed by atoms with van der Waals surface area (Å²) in [6.45, 7) is 7.56. The van der Waals surface area contributed by atoms with Crippen molar-refractivity contribution in [2.45, 2.75) is 25.5 Å². The van der Waals surface area contributed by atoms with E-state index in [1.54, 1.807) is 7.11 Å². The Bertz CT molecular complexity index is 467. The summed E-state index contributed by atoms with van der Waals surface area (Å²) in [5, 5.41) is 0. The number of thiol groups is 1. The predicted molar refractivity (Wildman–Crippen MR) is 76.4 cm³/mol. The molecule has 0 radical (unpaired) electrons. The van der Waals surface area contributed by atoms with Gasteiger partial charge in [0.15, 0.2) is 0 Å². The van der Waals surface area contributed by atoms with E-state index in [-0.39, 0.29) is 4.75 Å². The zero-order valence-corrected chi connectivity index (χ0v) is 13.0. The Morgan fingerprint density at radius 3 is 2.18 bits per heavy atom. The number of halogens is 1. The van der Waals surface area contributed by atoms with Crippen molar-refractivity contribution in [1.29, 1.82) is 0 Å². The van der Waals surface area contributed by atoms with Gasteiger partial charge in [0.2, 0.25) is 0 Å². The van der Waals surface area contributed by atoms with E-state index in [1.165, 1.54) is 16.7 Å². The molecule has 94 valence electrons. The van der Waals surface area contributed by atoms with Gasteiger partial charge in [-0.25, -0.2) is 0 Å². The van der Waals surface area contributed by atoms with E-state index in [1.807, 2.05) is 0 Å². The fourth-order valence-electron chi connectivity index (χ4n) is 2.34. The minimum absolute atomic E-state index is 0.212. The first-order chi connectivity index (χ1) is 7.92. The minimum atomic E-state index is -0.212. The summed E-state index contributed by atoms with van der Waals surface area (Å²) in [5.74, 6) is 0.946. The summed E-state index contributed by atoms with van der Waals surface area (Å²) < 4.78 is 11.8. The van der Waals surface area contributed by atoms with Crippen molar-refractivity contribution < 1.29 is 9.47 Å². The summed E-state index contributed by atoms with van der Waals surface area (Å²) in [6, 6.07) is 0. The molecule has 1 aromatic carbocycles. The molecule has 1 aliphatic rings. The van der Waals surface area contributed by atoms with Crippen LogP contribution < -0.4 is 4.74 Å². The average molecular weight is 317 g/mol. The van der Waals surface area contributed by atoms with Crippen molar-refractivity contribution in [2.24, 2.45) is 0 Å². The molecule has 1 aromatic rings. The van der Waals surface area contributed by atoms with E-state index in [0.29, 0.717) is 13.2 Å². The summed E-state index contributed by atoms with van der Waals surface area (Å²) in [4.78, 5) is 0. The predicted octanol–water partition coefficient (Wildman–Crippen LogP) is 3.54. The molecule has 2 rings (SSSR count). The summed E-state index contributed by atoms with van der Waals surface area (Å²) >= 11 is 8.42. The van der Waals surface area contributed by atoms with E-state index in [0.717, 1.165) is 15.8 Å². The molecule has 2 nitrogen and oxygen atoms in total. The summed E-state index contributed by atoms with van der Waals surface area (Å²) in [7, 11) is 1.72. The number of ether oxygens (including phenoxy) is 2. The maximum Gasteiger partial charge on any atom is 0.127 e. The lowest BCUT2D eigenvalue weighted by molar-refractivity contribution is -0.0109. The lowest BCUT2D eigenvalue weighted by atomic mass is 9.88. The molecule has 0 amide bonds. The first-order valence-electron chi connectivity index (χ1n) is 5.56. The second-order valence-corrected chi connectivity index (χ2v) is 6.27. The molecule has 0 unspecified atom stereocenters. The van der Waals surface area contributed by atoms with Crippen molar-refractivity contribution in [1.82, 2.24) is 0 Å². The third-order valence-corrected chi connectivity index (χ3v) is 5.19. The van der Waals surface area contributed by atoms with Gasteiger partial charge in [0.1, 0.15) is 5.75 Å². The van der Waals surface area contributed by atoms with E-state index >= 15 is 0 Å². The van der Waals surface area contributed by atoms with Gasteiger partial charge in [0, 0.05) is 10.0 Å². The highest BCUT2D eigenvalue weighted by atomic mass is 79.9. The van der Waals surface area contributed by atoms with E-state index in [2.05, 4.69) is 36.7 Å². The first kappa shape index (κ1) is 13.2. The van der Waals surface area contributed by atoms with E-state index in [4.69, 9.17) is 22.1 Å². The quantitative estimate of drug-likeness (QED) is 0.841. The monoisotopic (exact) mass is 316 g/mol. The van der Waals surface area contributed by atoms with Crippen LogP contribution in [-0.2, 0) is 9.48 Å². The Labute approximate surface area is 116 Å². The summed E-state index contributed by atoms with van der Waals surface area (Å²) in [5.41, 5.74) is 4.74. The highest BCUT2D eigenvalue weighted by Gasteiger charge is 2.41. The smallest absolute Gasteiger partial charge is 0.127 e. The van der Waals surface area contributed by atoms with Gasteiger partial charge >= 0.3 is 0 Å². The van der Waals surface area contributed by atoms with Crippen molar-refractivity contribution in [2.75, 3.05) is 20.3 Å². The van der Waals surface area contributed by atoms with Crippen LogP contribution in [0, 0.1) is 20.8 Å². The van der Waals surface area contributed by atoms with Gasteiger partial charge in [-0.2, -0.15) is 12.6 Å². The first-order valence-corrected chi connectivity index (χ1v) is 6.80. The number of benzene rings is 1. The molecule has 0 spiro atoms. The number of hydrogen-bond donors (Lipinski definition) is 1. The van der Waals surface area contributed by atoms with E-state index in [9.17, 15) is 0 Å². The van der Waals surface area contributed by atoms with Gasteiger partial charge in [0.05, 0.1) is 25.1 Å². The van der Waals surface area contributed by atoms with Crippen molar-refractivity contribution >= 4 is 28.6 Å². The van der Waals surface area contributed by atoms with Crippen LogP contribution >= 0.6 is 28.6 Å². The Kier molecular flexibility index (Phi) is 3.49. The fourth-order valence-corrected chi connectivity index (χ4v) is 3.29. The number of rotatable bonds is 2. The third-order valence-electron chi connectivity index (χ3n) is 3.51. The fraction of sp³-hybridized carbons (Fsp3) is 0.538. The van der Waals surface area contributed by atoms with Crippen molar-refractivity contribution in [3.05, 3.63) is 26.7 Å². The van der Waals surface area contributed by atoms with Crippen LogP contribution in [0.5, 0.6) is 5.75 Å². The van der Waals surface area contributed by atoms with Gasteiger partial charge in [-0.15, -0.1) is 0 Å². The summed E-state index contributed by atoms with van der Waals surface area (Å²) in [6.07, 6.45) is 0. The molecule has 0 N–H and O–H groups in total. The van der Waals surface area contributed by atoms with Crippen molar-refractivity contribution in [3.8, 4) is 5.75 Å². The van der Waals surface area contributed by atoms with Crippen LogP contribution in [0.2, 0.25) is 0 Å². The molecule has 1 fully saturated rings. The highest BCUT2D eigenvalue weighted by Crippen LogP contribution is 2.47. The Hall–Kier alpha value is -0.190. The van der Waals surface area contributed by atoms with Crippen LogP contribution in [0.15, 0.2) is 4.47 Å². The largest absolute Gasteiger partial charge is 0.496 e.